The smallest absolute Gasteiger partial charge is 0.0342 e. The van der Waals surface area contributed by atoms with Gasteiger partial charge in [0.05, 0.1) is 0 Å². The molecule has 1 aliphatic heterocycles. The van der Waals surface area contributed by atoms with E-state index in [1.807, 2.05) is 11.8 Å². The molecule has 1 atom stereocenters. The van der Waals surface area contributed by atoms with Gasteiger partial charge in [-0.2, -0.15) is 0 Å². The van der Waals surface area contributed by atoms with Crippen LogP contribution in [0.15, 0.2) is 34.8 Å². The van der Waals surface area contributed by atoms with Gasteiger partial charge in [0.15, 0.2) is 0 Å². The lowest BCUT2D eigenvalue weighted by atomic mass is 10.1. The van der Waals surface area contributed by atoms with Crippen LogP contribution < -0.4 is 0 Å². The van der Waals surface area contributed by atoms with Crippen molar-refractivity contribution in [1.29, 1.82) is 0 Å². The third-order valence-electron chi connectivity index (χ3n) is 1.96. The third kappa shape index (κ3) is 0.772. The van der Waals surface area contributed by atoms with Crippen molar-refractivity contribution in [1.82, 2.24) is 0 Å². The molecule has 1 heteroatoms. The first kappa shape index (κ1) is 6.29. The summed E-state index contributed by atoms with van der Waals surface area (Å²) in [6.07, 6.45) is 7.82. The van der Waals surface area contributed by atoms with Crippen LogP contribution in [-0.4, -0.2) is 5.25 Å². The van der Waals surface area contributed by atoms with E-state index in [-0.39, 0.29) is 0 Å². The molecule has 0 spiro atoms. The Kier molecular flexibility index (Phi) is 1.46. The van der Waals surface area contributed by atoms with Crippen molar-refractivity contribution < 1.29 is 0 Å². The number of thioether (sulfide) groups is 1. The fourth-order valence-corrected chi connectivity index (χ4v) is 2.47. The molecule has 0 saturated carbocycles. The zero-order valence-corrected chi connectivity index (χ0v) is 6.82. The predicted molar refractivity (Wildman–Crippen MR) is 47.0 cm³/mol. The summed E-state index contributed by atoms with van der Waals surface area (Å²) in [5.74, 6) is 0. The number of rotatable bonds is 1. The van der Waals surface area contributed by atoms with E-state index < -0.39 is 0 Å². The van der Waals surface area contributed by atoms with E-state index in [1.165, 1.54) is 17.6 Å². The summed E-state index contributed by atoms with van der Waals surface area (Å²) in [4.78, 5) is 0. The van der Waals surface area contributed by atoms with Crippen LogP contribution in [0, 0.1) is 0 Å². The van der Waals surface area contributed by atoms with Crippen molar-refractivity contribution in [2.75, 3.05) is 0 Å². The van der Waals surface area contributed by atoms with Crippen LogP contribution in [0.3, 0.4) is 0 Å². The molecule has 0 nitrogen and oxygen atoms in total. The lowest BCUT2D eigenvalue weighted by Gasteiger charge is -2.05. The van der Waals surface area contributed by atoms with Gasteiger partial charge in [0.1, 0.15) is 0 Å². The van der Waals surface area contributed by atoms with E-state index >= 15 is 0 Å². The Morgan fingerprint density at radius 3 is 3.30 bits per heavy atom. The molecule has 0 saturated heterocycles. The van der Waals surface area contributed by atoms with Crippen molar-refractivity contribution in [2.45, 2.75) is 18.6 Å². The number of hydrogen-bond donors (Lipinski definition) is 0. The monoisotopic (exact) mass is 150 g/mol. The zero-order valence-electron chi connectivity index (χ0n) is 6.00. The highest BCUT2D eigenvalue weighted by atomic mass is 32.2. The summed E-state index contributed by atoms with van der Waals surface area (Å²) in [5, 5.41) is 3.01. The van der Waals surface area contributed by atoms with E-state index in [0.29, 0.717) is 0 Å². The summed E-state index contributed by atoms with van der Waals surface area (Å²) in [7, 11) is 0. The lowest BCUT2D eigenvalue weighted by Crippen LogP contribution is -1.97. The molecule has 1 heterocycles. The molecule has 0 aromatic heterocycles. The van der Waals surface area contributed by atoms with Gasteiger partial charge >= 0.3 is 0 Å². The number of fused-ring (bicyclic) bond motifs is 1. The molecule has 1 aliphatic carbocycles. The van der Waals surface area contributed by atoms with Crippen LogP contribution in [-0.2, 0) is 0 Å². The molecule has 0 aromatic carbocycles. The van der Waals surface area contributed by atoms with Gasteiger partial charge in [-0.15, -0.1) is 11.8 Å². The van der Waals surface area contributed by atoms with Crippen LogP contribution in [0.4, 0.5) is 0 Å². The number of allylic oxidation sites excluding steroid dienone is 4. The van der Waals surface area contributed by atoms with Crippen molar-refractivity contribution in [3.8, 4) is 0 Å². The molecule has 0 aromatic rings. The van der Waals surface area contributed by atoms with E-state index in [9.17, 15) is 0 Å². The molecule has 0 bridgehead atoms. The first-order chi connectivity index (χ1) is 4.92. The largest absolute Gasteiger partial charge is 0.125 e. The highest BCUT2D eigenvalue weighted by molar-refractivity contribution is 8.03. The maximum absolute atomic E-state index is 2.27. The fraction of sp³-hybridized carbons (Fsp3) is 0.333. The summed E-state index contributed by atoms with van der Waals surface area (Å²) in [6.45, 7) is 2.24. The van der Waals surface area contributed by atoms with Crippen LogP contribution in [0.5, 0.6) is 0 Å². The highest BCUT2D eigenvalue weighted by Gasteiger charge is 2.21. The summed E-state index contributed by atoms with van der Waals surface area (Å²) in [5.41, 5.74) is 2.98. The van der Waals surface area contributed by atoms with Gasteiger partial charge in [0, 0.05) is 5.25 Å². The Morgan fingerprint density at radius 2 is 2.50 bits per heavy atom. The predicted octanol–water partition coefficient (Wildman–Crippen LogP) is 2.89. The average molecular weight is 150 g/mol. The van der Waals surface area contributed by atoms with Crippen molar-refractivity contribution in [3.63, 3.8) is 0 Å². The topological polar surface area (TPSA) is 0 Å². The Morgan fingerprint density at radius 1 is 1.60 bits per heavy atom. The van der Waals surface area contributed by atoms with Gasteiger partial charge in [-0.25, -0.2) is 0 Å². The molecule has 2 rings (SSSR count). The van der Waals surface area contributed by atoms with Gasteiger partial charge in [-0.1, -0.05) is 25.2 Å². The van der Waals surface area contributed by atoms with E-state index in [2.05, 4.69) is 30.6 Å². The fourth-order valence-electron chi connectivity index (χ4n) is 1.39. The number of hydrogen-bond acceptors (Lipinski definition) is 1. The molecule has 1 unspecified atom stereocenters. The van der Waals surface area contributed by atoms with Crippen LogP contribution in [0.2, 0.25) is 0 Å². The van der Waals surface area contributed by atoms with Gasteiger partial charge < -0.3 is 0 Å². The van der Waals surface area contributed by atoms with Crippen LogP contribution >= 0.6 is 11.8 Å². The normalized spacial score (nSPS) is 28.3. The molecule has 0 amide bonds. The third-order valence-corrected chi connectivity index (χ3v) is 3.27. The first-order valence-electron chi connectivity index (χ1n) is 3.66. The molecular weight excluding hydrogens is 140 g/mol. The quantitative estimate of drug-likeness (QED) is 0.554. The molecule has 10 heavy (non-hydrogen) atoms. The van der Waals surface area contributed by atoms with Crippen LogP contribution in [0.25, 0.3) is 0 Å². The van der Waals surface area contributed by atoms with Gasteiger partial charge in [0.25, 0.3) is 0 Å². The second-order valence-corrected chi connectivity index (χ2v) is 3.66. The van der Waals surface area contributed by atoms with Crippen molar-refractivity contribution >= 4 is 11.8 Å². The molecule has 0 radical (unpaired) electrons. The second kappa shape index (κ2) is 2.31. The minimum absolute atomic E-state index is 0.741. The van der Waals surface area contributed by atoms with Crippen LogP contribution in [0.1, 0.15) is 13.3 Å². The van der Waals surface area contributed by atoms with E-state index in [0.717, 1.165) is 5.25 Å². The van der Waals surface area contributed by atoms with Gasteiger partial charge in [-0.3, -0.25) is 0 Å². The van der Waals surface area contributed by atoms with E-state index in [1.54, 1.807) is 0 Å². The molecule has 52 valence electrons. The Bertz CT molecular complexity index is 233. The minimum Gasteiger partial charge on any atom is -0.125 e. The van der Waals surface area contributed by atoms with Gasteiger partial charge in [0.2, 0.25) is 0 Å². The molecule has 0 N–H and O–H groups in total. The highest BCUT2D eigenvalue weighted by Crippen LogP contribution is 2.39. The zero-order chi connectivity index (χ0) is 6.97. The Balaban J connectivity index is 2.27. The van der Waals surface area contributed by atoms with E-state index in [4.69, 9.17) is 0 Å². The minimum atomic E-state index is 0.741. The lowest BCUT2D eigenvalue weighted by molar-refractivity contribution is 0.952. The maximum atomic E-state index is 2.27. The summed E-state index contributed by atoms with van der Waals surface area (Å²) >= 11 is 1.95. The Labute approximate surface area is 65.7 Å². The maximum Gasteiger partial charge on any atom is 0.0342 e. The van der Waals surface area contributed by atoms with Gasteiger partial charge in [-0.05, 0) is 23.0 Å². The molecule has 2 aliphatic rings. The second-order valence-electron chi connectivity index (χ2n) is 2.59. The standard InChI is InChI=1S/C9H10S/c1-2-9-8-5-3-4-7(8)6-10-9/h3-6,9H,2H2,1H3. The molecular formula is C9H10S. The van der Waals surface area contributed by atoms with Crippen molar-refractivity contribution in [3.05, 3.63) is 34.8 Å². The van der Waals surface area contributed by atoms with Crippen molar-refractivity contribution in [2.24, 2.45) is 0 Å². The summed E-state index contributed by atoms with van der Waals surface area (Å²) in [6, 6.07) is 0. The SMILES string of the molecule is CCC1SC=C2C=CC=C21. The Hall–Kier alpha value is -0.430. The first-order valence-corrected chi connectivity index (χ1v) is 4.60. The molecule has 0 fully saturated rings. The average Bonchev–Trinajstić information content (AvgIpc) is 2.44. The summed E-state index contributed by atoms with van der Waals surface area (Å²) < 4.78 is 0.